The summed E-state index contributed by atoms with van der Waals surface area (Å²) in [5.41, 5.74) is 5.74. The zero-order valence-corrected chi connectivity index (χ0v) is 26.6. The second-order valence-corrected chi connectivity index (χ2v) is 12.5. The Labute approximate surface area is 259 Å². The molecule has 3 heterocycles. The van der Waals surface area contributed by atoms with Gasteiger partial charge in [-0.1, -0.05) is 26.0 Å². The Morgan fingerprint density at radius 3 is 2.37 bits per heavy atom. The SMILES string of the molecule is Cc1cc(OC(C)C)c(Nc2ncc(C)c(Nc3ccccc3OSC(C)C)n2)cc1-c1ccc(N2CCNCC2)nc1. The molecule has 1 aliphatic rings. The van der Waals surface area contributed by atoms with Crippen LogP contribution in [0.1, 0.15) is 38.8 Å². The number of aryl methyl sites for hydroxylation is 2. The van der Waals surface area contributed by atoms with E-state index in [1.165, 1.54) is 12.0 Å². The number of pyridine rings is 1. The van der Waals surface area contributed by atoms with Gasteiger partial charge in [-0.05, 0) is 75.2 Å². The fourth-order valence-corrected chi connectivity index (χ4v) is 5.18. The molecule has 1 aliphatic heterocycles. The number of hydrogen-bond donors (Lipinski definition) is 3. The van der Waals surface area contributed by atoms with Gasteiger partial charge in [-0.2, -0.15) is 4.98 Å². The maximum Gasteiger partial charge on any atom is 0.229 e. The van der Waals surface area contributed by atoms with E-state index in [-0.39, 0.29) is 6.10 Å². The Morgan fingerprint density at radius 2 is 1.65 bits per heavy atom. The van der Waals surface area contributed by atoms with Crippen molar-refractivity contribution in [3.8, 4) is 22.6 Å². The lowest BCUT2D eigenvalue weighted by Crippen LogP contribution is -2.43. The third-order valence-corrected chi connectivity index (χ3v) is 7.54. The Kier molecular flexibility index (Phi) is 9.89. The highest BCUT2D eigenvalue weighted by Crippen LogP contribution is 2.37. The molecule has 3 N–H and O–H groups in total. The summed E-state index contributed by atoms with van der Waals surface area (Å²) >= 11 is 1.42. The molecular formula is C33H41N7O2S. The number of rotatable bonds is 11. The second-order valence-electron chi connectivity index (χ2n) is 11.2. The summed E-state index contributed by atoms with van der Waals surface area (Å²) in [4.78, 5) is 16.5. The molecule has 0 spiro atoms. The molecule has 0 bridgehead atoms. The maximum atomic E-state index is 6.22. The van der Waals surface area contributed by atoms with Gasteiger partial charge in [-0.3, -0.25) is 0 Å². The standard InChI is InChI=1S/C33H41N7O2S/c1-21(2)41-30-17-23(5)26(25-11-12-31(35-20-25)40-15-13-34-14-16-40)18-28(30)38-33-36-19-24(6)32(39-33)37-27-9-7-8-10-29(27)42-43-22(3)4/h7-12,17-22,34H,13-16H2,1-6H3,(H2,36,37,38,39). The summed E-state index contributed by atoms with van der Waals surface area (Å²) in [7, 11) is 0. The minimum absolute atomic E-state index is 0.00200. The van der Waals surface area contributed by atoms with Crippen LogP contribution >= 0.6 is 12.0 Å². The second kappa shape index (κ2) is 14.0. The van der Waals surface area contributed by atoms with Crippen LogP contribution in [0.4, 0.5) is 29.0 Å². The van der Waals surface area contributed by atoms with Gasteiger partial charge in [0.05, 0.1) is 29.5 Å². The number of piperazine rings is 1. The van der Waals surface area contributed by atoms with E-state index in [2.05, 4.69) is 70.9 Å². The first-order chi connectivity index (χ1) is 20.8. The van der Waals surface area contributed by atoms with Crippen molar-refractivity contribution in [2.75, 3.05) is 41.7 Å². The third-order valence-electron chi connectivity index (χ3n) is 6.88. The van der Waals surface area contributed by atoms with Crippen LogP contribution in [-0.4, -0.2) is 52.5 Å². The van der Waals surface area contributed by atoms with Gasteiger partial charge in [0.15, 0.2) is 5.75 Å². The number of para-hydroxylation sites is 2. The summed E-state index contributed by atoms with van der Waals surface area (Å²) in [6.45, 7) is 16.2. The molecule has 4 aromatic rings. The molecule has 0 radical (unpaired) electrons. The number of nitrogens with one attached hydrogen (secondary N) is 3. The van der Waals surface area contributed by atoms with Gasteiger partial charge in [0, 0.05) is 54.9 Å². The summed E-state index contributed by atoms with van der Waals surface area (Å²) < 4.78 is 12.2. The van der Waals surface area contributed by atoms with Crippen molar-refractivity contribution in [2.45, 2.75) is 52.9 Å². The van der Waals surface area contributed by atoms with Crippen LogP contribution < -0.4 is 29.8 Å². The molecule has 43 heavy (non-hydrogen) atoms. The molecule has 1 saturated heterocycles. The van der Waals surface area contributed by atoms with Crippen LogP contribution in [0.3, 0.4) is 0 Å². The lowest BCUT2D eigenvalue weighted by molar-refractivity contribution is 0.243. The zero-order valence-electron chi connectivity index (χ0n) is 25.8. The van der Waals surface area contributed by atoms with E-state index < -0.39 is 0 Å². The Balaban J connectivity index is 1.43. The van der Waals surface area contributed by atoms with Crippen LogP contribution in [0.15, 0.2) is 60.9 Å². The van der Waals surface area contributed by atoms with Crippen LogP contribution in [0, 0.1) is 13.8 Å². The van der Waals surface area contributed by atoms with E-state index >= 15 is 0 Å². The molecular weight excluding hydrogens is 558 g/mol. The molecule has 9 nitrogen and oxygen atoms in total. The number of hydrogen-bond acceptors (Lipinski definition) is 10. The van der Waals surface area contributed by atoms with E-state index in [4.69, 9.17) is 18.9 Å². The Morgan fingerprint density at radius 1 is 0.860 bits per heavy atom. The molecule has 1 fully saturated rings. The van der Waals surface area contributed by atoms with Crippen LogP contribution in [0.25, 0.3) is 11.1 Å². The number of anilines is 5. The highest BCUT2D eigenvalue weighted by Gasteiger charge is 2.16. The van der Waals surface area contributed by atoms with Crippen molar-refractivity contribution in [1.82, 2.24) is 20.3 Å². The topological polar surface area (TPSA) is 96.5 Å². The molecule has 226 valence electrons. The minimum Gasteiger partial charge on any atom is -0.489 e. The monoisotopic (exact) mass is 599 g/mol. The normalized spacial score (nSPS) is 13.3. The fourth-order valence-electron chi connectivity index (χ4n) is 4.74. The van der Waals surface area contributed by atoms with Crippen molar-refractivity contribution in [3.63, 3.8) is 0 Å². The van der Waals surface area contributed by atoms with Crippen molar-refractivity contribution in [1.29, 1.82) is 0 Å². The van der Waals surface area contributed by atoms with Gasteiger partial charge in [-0.25, -0.2) is 9.97 Å². The first-order valence-corrected chi connectivity index (χ1v) is 15.6. The van der Waals surface area contributed by atoms with Crippen molar-refractivity contribution in [3.05, 3.63) is 72.1 Å². The largest absolute Gasteiger partial charge is 0.489 e. The number of ether oxygens (including phenoxy) is 1. The molecule has 5 rings (SSSR count). The lowest BCUT2D eigenvalue weighted by Gasteiger charge is -2.28. The van der Waals surface area contributed by atoms with E-state index in [1.54, 1.807) is 6.20 Å². The first kappa shape index (κ1) is 30.4. The summed E-state index contributed by atoms with van der Waals surface area (Å²) in [5, 5.41) is 10.6. The average Bonchev–Trinajstić information content (AvgIpc) is 3.00. The Bertz CT molecular complexity index is 1520. The van der Waals surface area contributed by atoms with E-state index in [0.717, 1.165) is 77.1 Å². The van der Waals surface area contributed by atoms with Crippen LogP contribution in [-0.2, 0) is 0 Å². The highest BCUT2D eigenvalue weighted by molar-refractivity contribution is 7.95. The smallest absolute Gasteiger partial charge is 0.229 e. The van der Waals surface area contributed by atoms with Gasteiger partial charge in [0.2, 0.25) is 5.95 Å². The van der Waals surface area contributed by atoms with Gasteiger partial charge in [0.1, 0.15) is 17.4 Å². The number of nitrogens with zero attached hydrogens (tertiary/aromatic N) is 4. The summed E-state index contributed by atoms with van der Waals surface area (Å²) in [5.74, 6) is 3.64. The quantitative estimate of drug-likeness (QED) is 0.153. The minimum atomic E-state index is 0.00200. The van der Waals surface area contributed by atoms with Gasteiger partial charge < -0.3 is 29.8 Å². The third kappa shape index (κ3) is 7.88. The summed E-state index contributed by atoms with van der Waals surface area (Å²) in [6, 6.07) is 16.3. The first-order valence-electron chi connectivity index (χ1n) is 14.8. The van der Waals surface area contributed by atoms with E-state index in [9.17, 15) is 0 Å². The van der Waals surface area contributed by atoms with Gasteiger partial charge in [0.25, 0.3) is 0 Å². The molecule has 0 amide bonds. The molecule has 10 heteroatoms. The molecule has 2 aromatic heterocycles. The van der Waals surface area contributed by atoms with Gasteiger partial charge >= 0.3 is 0 Å². The lowest BCUT2D eigenvalue weighted by atomic mass is 10.0. The molecule has 0 unspecified atom stereocenters. The molecule has 0 aliphatic carbocycles. The zero-order chi connectivity index (χ0) is 30.3. The average molecular weight is 600 g/mol. The van der Waals surface area contributed by atoms with Crippen LogP contribution in [0.5, 0.6) is 11.5 Å². The van der Waals surface area contributed by atoms with Crippen molar-refractivity contribution >= 4 is 41.0 Å². The van der Waals surface area contributed by atoms with Crippen molar-refractivity contribution in [2.24, 2.45) is 0 Å². The highest BCUT2D eigenvalue weighted by atomic mass is 32.2. The van der Waals surface area contributed by atoms with E-state index in [0.29, 0.717) is 17.0 Å². The fraction of sp³-hybridized carbons (Fsp3) is 0.364. The molecule has 2 aromatic carbocycles. The number of aromatic nitrogens is 3. The number of benzene rings is 2. The van der Waals surface area contributed by atoms with Crippen LogP contribution in [0.2, 0.25) is 0 Å². The Hall–Kier alpha value is -4.02. The molecule has 0 saturated carbocycles. The molecule has 0 atom stereocenters. The van der Waals surface area contributed by atoms with Gasteiger partial charge in [-0.15, -0.1) is 0 Å². The predicted molar refractivity (Wildman–Crippen MR) is 178 cm³/mol. The van der Waals surface area contributed by atoms with E-state index in [1.807, 2.05) is 51.2 Å². The van der Waals surface area contributed by atoms with Crippen molar-refractivity contribution < 1.29 is 8.92 Å². The predicted octanol–water partition coefficient (Wildman–Crippen LogP) is 7.27. The summed E-state index contributed by atoms with van der Waals surface area (Å²) in [6.07, 6.45) is 3.76. The maximum absolute atomic E-state index is 6.22.